The number of hydrogen-bond donors (Lipinski definition) is 0. The third kappa shape index (κ3) is 7.21. The van der Waals surface area contributed by atoms with E-state index in [-0.39, 0.29) is 23.4 Å². The lowest BCUT2D eigenvalue weighted by atomic mass is 9.90. The standard InChI is InChI=1S/C30H37N3O4/c1-22(2)21-33(30(35)27-20-28(37-31-27)25-10-7-11-26(19-25)36-3)17-14-29(34)32-15-12-24(13-16-32)18-23-8-5-4-6-9-23/h4-11,19-20,22,24H,12-18,21H2,1-3H3. The molecule has 1 aromatic heterocycles. The second kappa shape index (κ2) is 12.6. The molecule has 2 aromatic carbocycles. The van der Waals surface area contributed by atoms with Crippen molar-refractivity contribution in [1.29, 1.82) is 0 Å². The topological polar surface area (TPSA) is 75.9 Å². The molecule has 7 heteroatoms. The summed E-state index contributed by atoms with van der Waals surface area (Å²) in [6, 6.07) is 19.6. The number of rotatable bonds is 10. The van der Waals surface area contributed by atoms with Crippen molar-refractivity contribution < 1.29 is 18.8 Å². The van der Waals surface area contributed by atoms with Crippen molar-refractivity contribution in [2.24, 2.45) is 11.8 Å². The molecule has 7 nitrogen and oxygen atoms in total. The first-order valence-electron chi connectivity index (χ1n) is 13.1. The largest absolute Gasteiger partial charge is 0.497 e. The summed E-state index contributed by atoms with van der Waals surface area (Å²) in [5, 5.41) is 4.03. The fourth-order valence-electron chi connectivity index (χ4n) is 4.89. The molecule has 0 spiro atoms. The van der Waals surface area contributed by atoms with Crippen molar-refractivity contribution in [2.45, 2.75) is 39.5 Å². The maximum Gasteiger partial charge on any atom is 0.276 e. The van der Waals surface area contributed by atoms with Gasteiger partial charge in [0, 0.05) is 44.2 Å². The lowest BCUT2D eigenvalue weighted by Crippen LogP contribution is -2.42. The zero-order valence-electron chi connectivity index (χ0n) is 22.1. The molecule has 0 unspecified atom stereocenters. The lowest BCUT2D eigenvalue weighted by molar-refractivity contribution is -0.132. The number of methoxy groups -OCH3 is 1. The van der Waals surface area contributed by atoms with Crippen LogP contribution in [0.4, 0.5) is 0 Å². The van der Waals surface area contributed by atoms with Gasteiger partial charge in [0.1, 0.15) is 5.75 Å². The van der Waals surface area contributed by atoms with Gasteiger partial charge >= 0.3 is 0 Å². The highest BCUT2D eigenvalue weighted by atomic mass is 16.5. The number of benzene rings is 2. The van der Waals surface area contributed by atoms with Crippen molar-refractivity contribution in [2.75, 3.05) is 33.3 Å². The molecule has 3 aromatic rings. The van der Waals surface area contributed by atoms with E-state index in [1.54, 1.807) is 18.1 Å². The highest BCUT2D eigenvalue weighted by molar-refractivity contribution is 5.93. The first-order valence-corrected chi connectivity index (χ1v) is 13.1. The van der Waals surface area contributed by atoms with Gasteiger partial charge in [-0.15, -0.1) is 0 Å². The van der Waals surface area contributed by atoms with Crippen LogP contribution in [-0.2, 0) is 11.2 Å². The van der Waals surface area contributed by atoms with Gasteiger partial charge in [0.25, 0.3) is 5.91 Å². The summed E-state index contributed by atoms with van der Waals surface area (Å²) >= 11 is 0. The summed E-state index contributed by atoms with van der Waals surface area (Å²) in [5.41, 5.74) is 2.39. The smallest absolute Gasteiger partial charge is 0.276 e. The van der Waals surface area contributed by atoms with Crippen LogP contribution < -0.4 is 4.74 Å². The number of carbonyl (C=O) groups is 2. The molecule has 0 bridgehead atoms. The van der Waals surface area contributed by atoms with Crippen molar-refractivity contribution in [1.82, 2.24) is 15.0 Å². The first-order chi connectivity index (χ1) is 17.9. The summed E-state index contributed by atoms with van der Waals surface area (Å²) in [5.74, 6) is 1.96. The molecule has 0 atom stereocenters. The van der Waals surface area contributed by atoms with E-state index in [9.17, 15) is 9.59 Å². The molecule has 1 aliphatic rings. The molecule has 4 rings (SSSR count). The normalized spacial score (nSPS) is 14.1. The quantitative estimate of drug-likeness (QED) is 0.374. The summed E-state index contributed by atoms with van der Waals surface area (Å²) in [4.78, 5) is 30.0. The average Bonchev–Trinajstić information content (AvgIpc) is 3.42. The molecule has 0 N–H and O–H groups in total. The molecule has 1 saturated heterocycles. The minimum atomic E-state index is -0.221. The van der Waals surface area contributed by atoms with Crippen LogP contribution in [0.25, 0.3) is 11.3 Å². The van der Waals surface area contributed by atoms with Crippen molar-refractivity contribution in [3.63, 3.8) is 0 Å². The van der Waals surface area contributed by atoms with Crippen LogP contribution in [-0.4, -0.2) is 60.1 Å². The Morgan fingerprint density at radius 1 is 1.08 bits per heavy atom. The molecule has 196 valence electrons. The Labute approximate surface area is 219 Å². The molecule has 2 amide bonds. The van der Waals surface area contributed by atoms with Crippen LogP contribution in [0.15, 0.2) is 65.2 Å². The monoisotopic (exact) mass is 503 g/mol. The summed E-state index contributed by atoms with van der Waals surface area (Å²) in [6.07, 6.45) is 3.40. The number of piperidine rings is 1. The summed E-state index contributed by atoms with van der Waals surface area (Å²) in [6.45, 7) is 6.59. The maximum absolute atomic E-state index is 13.3. The Balaban J connectivity index is 1.32. The fraction of sp³-hybridized carbons (Fsp3) is 0.433. The second-order valence-corrected chi connectivity index (χ2v) is 10.2. The van der Waals surface area contributed by atoms with Gasteiger partial charge in [0.15, 0.2) is 11.5 Å². The number of likely N-dealkylation sites (tertiary alicyclic amines) is 1. The lowest BCUT2D eigenvalue weighted by Gasteiger charge is -2.33. The highest BCUT2D eigenvalue weighted by Crippen LogP contribution is 2.25. The first kappa shape index (κ1) is 26.5. The van der Waals surface area contributed by atoms with E-state index in [0.29, 0.717) is 36.9 Å². The molecule has 2 heterocycles. The van der Waals surface area contributed by atoms with Gasteiger partial charge in [-0.05, 0) is 48.8 Å². The number of amides is 2. The Morgan fingerprint density at radius 3 is 2.54 bits per heavy atom. The third-order valence-electron chi connectivity index (χ3n) is 6.89. The van der Waals surface area contributed by atoms with Gasteiger partial charge in [-0.2, -0.15) is 0 Å². The van der Waals surface area contributed by atoms with Crippen molar-refractivity contribution >= 4 is 11.8 Å². The van der Waals surface area contributed by atoms with Crippen LogP contribution >= 0.6 is 0 Å². The molecule has 37 heavy (non-hydrogen) atoms. The van der Waals surface area contributed by atoms with Crippen LogP contribution in [0, 0.1) is 11.8 Å². The van der Waals surface area contributed by atoms with E-state index in [0.717, 1.165) is 37.9 Å². The van der Waals surface area contributed by atoms with E-state index in [4.69, 9.17) is 9.26 Å². The predicted molar refractivity (Wildman–Crippen MR) is 143 cm³/mol. The summed E-state index contributed by atoms with van der Waals surface area (Å²) < 4.78 is 10.7. The average molecular weight is 504 g/mol. The molecule has 1 aliphatic heterocycles. The molecular weight excluding hydrogens is 466 g/mol. The van der Waals surface area contributed by atoms with Crippen LogP contribution in [0.1, 0.15) is 49.2 Å². The Bertz CT molecular complexity index is 1170. The van der Waals surface area contributed by atoms with Crippen LogP contribution in [0.3, 0.4) is 0 Å². The zero-order valence-corrected chi connectivity index (χ0v) is 22.1. The molecule has 0 aliphatic carbocycles. The Kier molecular flexibility index (Phi) is 8.99. The number of nitrogens with zero attached hydrogens (tertiary/aromatic N) is 3. The van der Waals surface area contributed by atoms with Gasteiger partial charge in [-0.25, -0.2) is 0 Å². The minimum Gasteiger partial charge on any atom is -0.497 e. The van der Waals surface area contributed by atoms with Gasteiger partial charge in [0.05, 0.1) is 7.11 Å². The van der Waals surface area contributed by atoms with Gasteiger partial charge in [-0.1, -0.05) is 61.5 Å². The SMILES string of the molecule is COc1cccc(-c2cc(C(=O)N(CCC(=O)N3CCC(Cc4ccccc4)CC3)CC(C)C)no2)c1. The number of carbonyl (C=O) groups excluding carboxylic acids is 2. The van der Waals surface area contributed by atoms with Crippen molar-refractivity contribution in [3.05, 3.63) is 71.9 Å². The summed E-state index contributed by atoms with van der Waals surface area (Å²) in [7, 11) is 1.60. The zero-order chi connectivity index (χ0) is 26.2. The number of ether oxygens (including phenoxy) is 1. The van der Waals surface area contributed by atoms with Gasteiger partial charge < -0.3 is 19.1 Å². The maximum atomic E-state index is 13.3. The Hall–Kier alpha value is -3.61. The number of aromatic nitrogens is 1. The van der Waals surface area contributed by atoms with Crippen LogP contribution in [0.5, 0.6) is 5.75 Å². The molecular formula is C30H37N3O4. The van der Waals surface area contributed by atoms with Crippen molar-refractivity contribution in [3.8, 4) is 17.1 Å². The number of hydrogen-bond acceptors (Lipinski definition) is 5. The predicted octanol–water partition coefficient (Wildman–Crippen LogP) is 5.32. The van der Waals surface area contributed by atoms with E-state index >= 15 is 0 Å². The van der Waals surface area contributed by atoms with Gasteiger partial charge in [-0.3, -0.25) is 9.59 Å². The van der Waals surface area contributed by atoms with Crippen LogP contribution in [0.2, 0.25) is 0 Å². The van der Waals surface area contributed by atoms with Gasteiger partial charge in [0.2, 0.25) is 5.91 Å². The highest BCUT2D eigenvalue weighted by Gasteiger charge is 2.26. The molecule has 0 saturated carbocycles. The van der Waals surface area contributed by atoms with E-state index < -0.39 is 0 Å². The van der Waals surface area contributed by atoms with E-state index in [1.165, 1.54) is 5.56 Å². The molecule has 0 radical (unpaired) electrons. The second-order valence-electron chi connectivity index (χ2n) is 10.2. The third-order valence-corrected chi connectivity index (χ3v) is 6.89. The molecule has 1 fully saturated rings. The van der Waals surface area contributed by atoms with E-state index in [1.807, 2.05) is 35.2 Å². The Morgan fingerprint density at radius 2 is 1.84 bits per heavy atom. The van der Waals surface area contributed by atoms with E-state index in [2.05, 4.69) is 43.3 Å². The minimum absolute atomic E-state index is 0.108. The fourth-order valence-corrected chi connectivity index (χ4v) is 4.89.